The second kappa shape index (κ2) is 10.1. The number of hydrogen-bond donors (Lipinski definition) is 1. The molecule has 4 aromatic rings. The van der Waals surface area contributed by atoms with Crippen LogP contribution in [0.1, 0.15) is 36.3 Å². The zero-order valence-electron chi connectivity index (χ0n) is 19.9. The van der Waals surface area contributed by atoms with Gasteiger partial charge in [-0.2, -0.15) is 0 Å². The molecular formula is C29H28N4O2S. The molecule has 2 aromatic carbocycles. The fraction of sp³-hybridized carbons (Fsp3) is 0.241. The van der Waals surface area contributed by atoms with Crippen molar-refractivity contribution in [1.29, 1.82) is 0 Å². The van der Waals surface area contributed by atoms with Gasteiger partial charge < -0.3 is 24.3 Å². The molecule has 7 heteroatoms. The van der Waals surface area contributed by atoms with E-state index in [-0.39, 0.29) is 18.2 Å². The first-order chi connectivity index (χ1) is 17.8. The third-order valence-electron chi connectivity index (χ3n) is 6.78. The van der Waals surface area contributed by atoms with Crippen LogP contribution in [0.25, 0.3) is 0 Å². The average molecular weight is 497 g/mol. The predicted molar refractivity (Wildman–Crippen MR) is 144 cm³/mol. The molecule has 6 rings (SSSR count). The van der Waals surface area contributed by atoms with Crippen LogP contribution < -0.4 is 15.0 Å². The lowest BCUT2D eigenvalue weighted by Crippen LogP contribution is -2.31. The number of nitrogens with zero attached hydrogens (tertiary/aromatic N) is 3. The number of anilines is 1. The summed E-state index contributed by atoms with van der Waals surface area (Å²) in [4.78, 5) is 6.87. The van der Waals surface area contributed by atoms with Crippen LogP contribution in [0.3, 0.4) is 0 Å². The molecule has 2 saturated heterocycles. The Morgan fingerprint density at radius 3 is 2.50 bits per heavy atom. The first-order valence-electron chi connectivity index (χ1n) is 12.4. The Labute approximate surface area is 216 Å². The Bertz CT molecular complexity index is 1300. The maximum atomic E-state index is 6.01. The first-order valence-corrected chi connectivity index (χ1v) is 12.8. The predicted octanol–water partition coefficient (Wildman–Crippen LogP) is 6.03. The molecule has 0 aliphatic carbocycles. The van der Waals surface area contributed by atoms with Crippen LogP contribution in [0.4, 0.5) is 5.69 Å². The second-order valence-electron chi connectivity index (χ2n) is 9.13. The Morgan fingerprint density at radius 1 is 0.944 bits per heavy atom. The third kappa shape index (κ3) is 4.59. The summed E-state index contributed by atoms with van der Waals surface area (Å²) in [5.41, 5.74) is 3.14. The van der Waals surface area contributed by atoms with Gasteiger partial charge in [0.25, 0.3) is 0 Å². The van der Waals surface area contributed by atoms with Gasteiger partial charge >= 0.3 is 0 Å². The van der Waals surface area contributed by atoms with Crippen molar-refractivity contribution in [2.75, 3.05) is 11.5 Å². The van der Waals surface area contributed by atoms with Crippen molar-refractivity contribution in [3.05, 3.63) is 109 Å². The molecule has 0 amide bonds. The molecule has 2 aromatic heterocycles. The minimum atomic E-state index is -0.0860. The van der Waals surface area contributed by atoms with Crippen LogP contribution in [0.2, 0.25) is 0 Å². The maximum Gasteiger partial charge on any atom is 0.174 e. The van der Waals surface area contributed by atoms with Gasteiger partial charge in [0.15, 0.2) is 5.11 Å². The highest BCUT2D eigenvalue weighted by molar-refractivity contribution is 7.80. The summed E-state index contributed by atoms with van der Waals surface area (Å²) in [6.45, 7) is 1.68. The normalized spacial score (nSPS) is 21.5. The SMILES string of the molecule is S=C1N[C@H](c2ccccn2)[C@H](c2cccn2C[C@@H]2CCCO2)N1c1ccc(Oc2ccccc2)cc1. The fourth-order valence-corrected chi connectivity index (χ4v) is 5.45. The van der Waals surface area contributed by atoms with Gasteiger partial charge in [-0.3, -0.25) is 4.98 Å². The quantitative estimate of drug-likeness (QED) is 0.315. The second-order valence-corrected chi connectivity index (χ2v) is 9.51. The van der Waals surface area contributed by atoms with E-state index in [4.69, 9.17) is 21.7 Å². The van der Waals surface area contributed by atoms with E-state index >= 15 is 0 Å². The molecule has 6 nitrogen and oxygen atoms in total. The van der Waals surface area contributed by atoms with E-state index in [1.54, 1.807) is 0 Å². The van der Waals surface area contributed by atoms with E-state index in [0.29, 0.717) is 5.11 Å². The van der Waals surface area contributed by atoms with E-state index in [9.17, 15) is 0 Å². The monoisotopic (exact) mass is 496 g/mol. The van der Waals surface area contributed by atoms with Crippen molar-refractivity contribution in [3.8, 4) is 11.5 Å². The highest BCUT2D eigenvalue weighted by Crippen LogP contribution is 2.42. The van der Waals surface area contributed by atoms with Gasteiger partial charge in [0.1, 0.15) is 17.5 Å². The van der Waals surface area contributed by atoms with Gasteiger partial charge in [0, 0.05) is 36.9 Å². The Kier molecular flexibility index (Phi) is 6.40. The largest absolute Gasteiger partial charge is 0.457 e. The molecule has 2 aliphatic heterocycles. The molecular weight excluding hydrogens is 468 g/mol. The number of benzene rings is 2. The lowest BCUT2D eigenvalue weighted by atomic mass is 10.0. The fourth-order valence-electron chi connectivity index (χ4n) is 5.10. The number of nitrogens with one attached hydrogen (secondary N) is 1. The highest BCUT2D eigenvalue weighted by Gasteiger charge is 2.42. The number of rotatable bonds is 7. The maximum absolute atomic E-state index is 6.01. The number of pyridine rings is 1. The molecule has 182 valence electrons. The van der Waals surface area contributed by atoms with Crippen LogP contribution in [-0.4, -0.2) is 27.4 Å². The van der Waals surface area contributed by atoms with E-state index < -0.39 is 0 Å². The highest BCUT2D eigenvalue weighted by atomic mass is 32.1. The van der Waals surface area contributed by atoms with Crippen LogP contribution in [0.5, 0.6) is 11.5 Å². The molecule has 0 bridgehead atoms. The smallest absolute Gasteiger partial charge is 0.174 e. The minimum absolute atomic E-state index is 0.0651. The van der Waals surface area contributed by atoms with Crippen molar-refractivity contribution in [3.63, 3.8) is 0 Å². The molecule has 2 fully saturated rings. The van der Waals surface area contributed by atoms with E-state index in [2.05, 4.69) is 56.3 Å². The standard InChI is InChI=1S/C29H28N4O2S/c36-29-31-27(25-11-4-5-17-30-25)28(26-12-6-18-32(26)20-24-10-7-19-34-24)33(29)21-13-15-23(16-14-21)35-22-8-2-1-3-9-22/h1-6,8-9,11-18,24,27-28H,7,10,19-20H2,(H,31,36)/t24-,27+,28-/m0/s1. The van der Waals surface area contributed by atoms with Crippen LogP contribution in [-0.2, 0) is 11.3 Å². The van der Waals surface area contributed by atoms with Crippen molar-refractivity contribution in [2.45, 2.75) is 37.6 Å². The summed E-state index contributed by atoms with van der Waals surface area (Å²) < 4.78 is 14.3. The summed E-state index contributed by atoms with van der Waals surface area (Å²) in [7, 11) is 0. The topological polar surface area (TPSA) is 51.5 Å². The Hall–Kier alpha value is -3.68. The molecule has 3 atom stereocenters. The summed E-state index contributed by atoms with van der Waals surface area (Å²) in [6, 6.07) is 28.1. The molecule has 0 unspecified atom stereocenters. The van der Waals surface area contributed by atoms with Crippen molar-refractivity contribution >= 4 is 23.0 Å². The van der Waals surface area contributed by atoms with Crippen molar-refractivity contribution in [1.82, 2.24) is 14.9 Å². The van der Waals surface area contributed by atoms with E-state index in [1.807, 2.05) is 60.8 Å². The number of ether oxygens (including phenoxy) is 2. The number of thiocarbonyl (C=S) groups is 1. The molecule has 0 saturated carbocycles. The Balaban J connectivity index is 1.34. The average Bonchev–Trinajstić information content (AvgIpc) is 3.67. The summed E-state index contributed by atoms with van der Waals surface area (Å²) >= 11 is 5.90. The van der Waals surface area contributed by atoms with Crippen LogP contribution in [0, 0.1) is 0 Å². The number of aromatic nitrogens is 2. The van der Waals surface area contributed by atoms with Gasteiger partial charge in [-0.1, -0.05) is 24.3 Å². The molecule has 0 spiro atoms. The third-order valence-corrected chi connectivity index (χ3v) is 7.10. The molecule has 2 aliphatic rings. The van der Waals surface area contributed by atoms with Crippen molar-refractivity contribution < 1.29 is 9.47 Å². The summed E-state index contributed by atoms with van der Waals surface area (Å²) in [6.07, 6.45) is 6.43. The molecule has 4 heterocycles. The zero-order chi connectivity index (χ0) is 24.3. The first kappa shape index (κ1) is 22.8. The number of para-hydroxylation sites is 1. The van der Waals surface area contributed by atoms with E-state index in [0.717, 1.165) is 48.9 Å². The van der Waals surface area contributed by atoms with Gasteiger partial charge in [-0.05, 0) is 85.7 Å². The number of hydrogen-bond acceptors (Lipinski definition) is 4. The van der Waals surface area contributed by atoms with Crippen LogP contribution >= 0.6 is 12.2 Å². The molecule has 36 heavy (non-hydrogen) atoms. The lowest BCUT2D eigenvalue weighted by molar-refractivity contribution is 0.0961. The van der Waals surface area contributed by atoms with Gasteiger partial charge in [0.05, 0.1) is 17.8 Å². The van der Waals surface area contributed by atoms with Gasteiger partial charge in [0.2, 0.25) is 0 Å². The van der Waals surface area contributed by atoms with Crippen molar-refractivity contribution in [2.24, 2.45) is 0 Å². The molecule has 0 radical (unpaired) electrons. The summed E-state index contributed by atoms with van der Waals surface area (Å²) in [5.74, 6) is 1.59. The van der Waals surface area contributed by atoms with Gasteiger partial charge in [-0.15, -0.1) is 0 Å². The van der Waals surface area contributed by atoms with E-state index in [1.165, 1.54) is 5.69 Å². The van der Waals surface area contributed by atoms with Crippen LogP contribution in [0.15, 0.2) is 97.3 Å². The minimum Gasteiger partial charge on any atom is -0.457 e. The van der Waals surface area contributed by atoms with Gasteiger partial charge in [-0.25, -0.2) is 0 Å². The lowest BCUT2D eigenvalue weighted by Gasteiger charge is -2.29. The zero-order valence-corrected chi connectivity index (χ0v) is 20.7. The summed E-state index contributed by atoms with van der Waals surface area (Å²) in [5, 5.41) is 4.23. The molecule has 1 N–H and O–H groups in total. The Morgan fingerprint density at radius 2 is 1.75 bits per heavy atom.